The molecule has 0 aromatic rings. The second-order valence-corrected chi connectivity index (χ2v) is 21.6. The maximum atomic E-state index is 13.2. The number of carbonyl (C=O) groups excluding carboxylic acids is 2. The monoisotopic (exact) mass is 946 g/mol. The second kappa shape index (κ2) is 54.2. The lowest BCUT2D eigenvalue weighted by molar-refractivity contribution is -0.132. The van der Waals surface area contributed by atoms with Gasteiger partial charge in [-0.3, -0.25) is 9.59 Å². The van der Waals surface area contributed by atoms with E-state index in [0.29, 0.717) is 11.8 Å². The molecule has 0 spiro atoms. The molecule has 1 fully saturated rings. The molecule has 400 valence electrons. The van der Waals surface area contributed by atoms with Crippen LogP contribution in [0.5, 0.6) is 0 Å². The minimum Gasteiger partial charge on any atom is -0.393 e. The zero-order valence-corrected chi connectivity index (χ0v) is 46.7. The highest BCUT2D eigenvalue weighted by molar-refractivity contribution is 5.76. The maximum absolute atomic E-state index is 13.2. The van der Waals surface area contributed by atoms with Crippen LogP contribution in [0.4, 0.5) is 0 Å². The first-order valence-corrected chi connectivity index (χ1v) is 30.8. The topological polar surface area (TPSA) is 64.1 Å². The van der Waals surface area contributed by atoms with Gasteiger partial charge in [-0.25, -0.2) is 0 Å². The number of nitrogens with zero attached hydrogens (tertiary/aromatic N) is 3. The van der Waals surface area contributed by atoms with Gasteiger partial charge in [0.15, 0.2) is 0 Å². The summed E-state index contributed by atoms with van der Waals surface area (Å²) in [5.74, 6) is 0.857. The second-order valence-electron chi connectivity index (χ2n) is 21.6. The fourth-order valence-electron chi connectivity index (χ4n) is 9.66. The number of aliphatic hydroxyl groups is 1. The van der Waals surface area contributed by atoms with Gasteiger partial charge in [-0.15, -0.1) is 0 Å². The van der Waals surface area contributed by atoms with Crippen molar-refractivity contribution in [1.29, 1.82) is 0 Å². The Balaban J connectivity index is 0.00000811. The van der Waals surface area contributed by atoms with Crippen LogP contribution in [-0.2, 0) is 9.59 Å². The Hall–Kier alpha value is -1.14. The fraction of sp³-hybridized carbons (Fsp3) is 0.967. The Morgan fingerprint density at radius 3 is 0.731 bits per heavy atom. The normalized spacial score (nSPS) is 12.6. The lowest BCUT2D eigenvalue weighted by atomic mass is 9.97. The van der Waals surface area contributed by atoms with E-state index in [1.54, 1.807) is 0 Å². The van der Waals surface area contributed by atoms with Crippen LogP contribution in [0.25, 0.3) is 0 Å². The molecule has 2 amide bonds. The number of rotatable bonds is 52. The summed E-state index contributed by atoms with van der Waals surface area (Å²) in [4.78, 5) is 33.5. The van der Waals surface area contributed by atoms with Crippen molar-refractivity contribution >= 4 is 11.8 Å². The summed E-state index contributed by atoms with van der Waals surface area (Å²) in [7, 11) is 2.31. The molecule has 0 aliphatic heterocycles. The number of carbonyl (C=O) groups is 2. The van der Waals surface area contributed by atoms with Gasteiger partial charge in [0.25, 0.3) is 0 Å². The van der Waals surface area contributed by atoms with E-state index in [-0.39, 0.29) is 6.10 Å². The van der Waals surface area contributed by atoms with Crippen molar-refractivity contribution in [3.63, 3.8) is 0 Å². The Kier molecular flexibility index (Phi) is 53.3. The van der Waals surface area contributed by atoms with E-state index in [1.807, 2.05) is 0 Å². The van der Waals surface area contributed by atoms with Crippen LogP contribution in [0.1, 0.15) is 329 Å². The first kappa shape index (κ1) is 65.9. The van der Waals surface area contributed by atoms with Gasteiger partial charge in [0, 0.05) is 39.0 Å². The highest BCUT2D eigenvalue weighted by Gasteiger charge is 2.15. The summed E-state index contributed by atoms with van der Waals surface area (Å²) in [5.41, 5.74) is 0. The van der Waals surface area contributed by atoms with Gasteiger partial charge in [-0.2, -0.15) is 0 Å². The molecule has 0 atom stereocenters. The van der Waals surface area contributed by atoms with Crippen molar-refractivity contribution in [3.05, 3.63) is 0 Å². The molecular formula is C61H123N3O3. The van der Waals surface area contributed by atoms with E-state index in [9.17, 15) is 9.59 Å². The minimum atomic E-state index is 0.0648. The van der Waals surface area contributed by atoms with E-state index in [4.69, 9.17) is 5.11 Å². The van der Waals surface area contributed by atoms with Crippen molar-refractivity contribution in [2.75, 3.05) is 46.3 Å². The van der Waals surface area contributed by atoms with Crippen LogP contribution in [0.3, 0.4) is 0 Å². The van der Waals surface area contributed by atoms with Crippen molar-refractivity contribution < 1.29 is 14.7 Å². The third-order valence-corrected chi connectivity index (χ3v) is 14.8. The summed E-state index contributed by atoms with van der Waals surface area (Å²) in [6.07, 6.45) is 59.6. The molecule has 0 unspecified atom stereocenters. The van der Waals surface area contributed by atoms with E-state index < -0.39 is 0 Å². The van der Waals surface area contributed by atoms with E-state index in [0.717, 1.165) is 64.7 Å². The Bertz CT molecular complexity index is 918. The zero-order chi connectivity index (χ0) is 48.9. The number of amides is 2. The number of hydrogen-bond acceptors (Lipinski definition) is 4. The molecule has 1 rings (SSSR count). The zero-order valence-electron chi connectivity index (χ0n) is 46.7. The lowest BCUT2D eigenvalue weighted by Crippen LogP contribution is -2.32. The quantitative estimate of drug-likeness (QED) is 0.0617. The smallest absolute Gasteiger partial charge is 0.222 e. The van der Waals surface area contributed by atoms with Crippen LogP contribution < -0.4 is 0 Å². The summed E-state index contributed by atoms with van der Waals surface area (Å²) in [5, 5.41) is 8.45. The predicted molar refractivity (Wildman–Crippen MR) is 296 cm³/mol. The van der Waals surface area contributed by atoms with Gasteiger partial charge in [0.2, 0.25) is 11.8 Å². The number of hydrogen-bond donors (Lipinski definition) is 1. The van der Waals surface area contributed by atoms with E-state index in [1.165, 1.54) is 276 Å². The van der Waals surface area contributed by atoms with Crippen LogP contribution in [0, 0.1) is 0 Å². The van der Waals surface area contributed by atoms with Gasteiger partial charge < -0.3 is 19.8 Å². The first-order chi connectivity index (χ1) is 32.9. The van der Waals surface area contributed by atoms with E-state index in [2.05, 4.69) is 49.4 Å². The molecule has 6 heteroatoms. The SMILES string of the molecule is CCCCCCCCCCN(CCCCCCCCN(C)CCCCCCCCN(CCCCCCCCCC)C(=O)CCCCCCCCC)C(=O)CCCCCCCCC.OC1CCC1. The molecule has 6 nitrogen and oxygen atoms in total. The van der Waals surface area contributed by atoms with Crippen LogP contribution in [0.2, 0.25) is 0 Å². The Morgan fingerprint density at radius 1 is 0.328 bits per heavy atom. The summed E-state index contributed by atoms with van der Waals surface area (Å²) >= 11 is 0. The molecule has 1 N–H and O–H groups in total. The minimum absolute atomic E-state index is 0.0648. The molecule has 0 saturated heterocycles. The van der Waals surface area contributed by atoms with Crippen molar-refractivity contribution in [2.24, 2.45) is 0 Å². The van der Waals surface area contributed by atoms with Crippen molar-refractivity contribution in [3.8, 4) is 0 Å². The predicted octanol–water partition coefficient (Wildman–Crippen LogP) is 18.4. The molecule has 1 saturated carbocycles. The number of unbranched alkanes of at least 4 members (excludes halogenated alkanes) is 36. The molecule has 0 bridgehead atoms. The van der Waals surface area contributed by atoms with Crippen LogP contribution in [0.15, 0.2) is 0 Å². The molecule has 0 radical (unpaired) electrons. The molecule has 1 aliphatic carbocycles. The summed E-state index contributed by atoms with van der Waals surface area (Å²) < 4.78 is 0. The third kappa shape index (κ3) is 48.3. The maximum Gasteiger partial charge on any atom is 0.222 e. The Morgan fingerprint density at radius 2 is 0.522 bits per heavy atom. The molecule has 0 heterocycles. The van der Waals surface area contributed by atoms with Crippen molar-refractivity contribution in [2.45, 2.75) is 336 Å². The summed E-state index contributed by atoms with van der Waals surface area (Å²) in [6, 6.07) is 0. The van der Waals surface area contributed by atoms with Gasteiger partial charge in [-0.05, 0) is 90.8 Å². The summed E-state index contributed by atoms with van der Waals surface area (Å²) in [6.45, 7) is 15.5. The highest BCUT2D eigenvalue weighted by atomic mass is 16.3. The molecule has 0 aromatic carbocycles. The van der Waals surface area contributed by atoms with Crippen molar-refractivity contribution in [1.82, 2.24) is 14.7 Å². The standard InChI is InChI=1S/C57H115N3O2.C4H8O/c1-6-10-14-18-22-26-36-44-52-59(56(61)48-40-32-24-20-16-12-8-3)54-46-38-30-28-34-42-50-58(5)51-43-35-29-31-39-47-55-60(53-45-37-27-23-19-15-11-7-2)57(62)49-41-33-25-21-17-13-9-4;5-4-2-1-3-4/h6-55H2,1-5H3;4-5H,1-3H2. The average Bonchev–Trinajstić information content (AvgIpc) is 3.32. The highest BCUT2D eigenvalue weighted by Crippen LogP contribution is 2.18. The largest absolute Gasteiger partial charge is 0.393 e. The van der Waals surface area contributed by atoms with Crippen LogP contribution in [-0.4, -0.2) is 84.0 Å². The van der Waals surface area contributed by atoms with Gasteiger partial charge >= 0.3 is 0 Å². The van der Waals surface area contributed by atoms with Gasteiger partial charge in [-0.1, -0.05) is 246 Å². The molecule has 67 heavy (non-hydrogen) atoms. The molecule has 1 aliphatic rings. The number of aliphatic hydroxyl groups excluding tert-OH is 1. The average molecular weight is 947 g/mol. The first-order valence-electron chi connectivity index (χ1n) is 30.8. The van der Waals surface area contributed by atoms with Crippen LogP contribution >= 0.6 is 0 Å². The molecular weight excluding hydrogens is 823 g/mol. The van der Waals surface area contributed by atoms with Gasteiger partial charge in [0.1, 0.15) is 0 Å². The molecule has 0 aromatic heterocycles. The lowest BCUT2D eigenvalue weighted by Gasteiger charge is -2.23. The fourth-order valence-corrected chi connectivity index (χ4v) is 9.66. The third-order valence-electron chi connectivity index (χ3n) is 14.8. The van der Waals surface area contributed by atoms with E-state index >= 15 is 0 Å². The Labute approximate surface area is 421 Å². The van der Waals surface area contributed by atoms with Gasteiger partial charge in [0.05, 0.1) is 6.10 Å².